The van der Waals surface area contributed by atoms with E-state index in [0.717, 1.165) is 5.56 Å². The average molecular weight is 376 g/mol. The standard InChI is InChI=1S/C22H24N4O2/c1-4-15-26(16-5-2)21(24-20(27)18-13-11-17(3)12-14-18)25-22(28)23-19-9-7-6-8-10-19/h4-14H,1-2,15-16H2,3H3,(H2,23,24,25,27,28). The predicted octanol–water partition coefficient (Wildman–Crippen LogP) is 3.99. The fraction of sp³-hybridized carbons (Fsp3) is 0.136. The summed E-state index contributed by atoms with van der Waals surface area (Å²) in [7, 11) is 0. The summed E-state index contributed by atoms with van der Waals surface area (Å²) in [6, 6.07) is 15.5. The summed E-state index contributed by atoms with van der Waals surface area (Å²) < 4.78 is 0. The van der Waals surface area contributed by atoms with Gasteiger partial charge in [0.2, 0.25) is 5.96 Å². The second-order valence-electron chi connectivity index (χ2n) is 6.03. The monoisotopic (exact) mass is 376 g/mol. The van der Waals surface area contributed by atoms with Gasteiger partial charge in [-0.05, 0) is 31.2 Å². The number of para-hydroxylation sites is 1. The Labute approximate surface area is 165 Å². The van der Waals surface area contributed by atoms with E-state index in [1.54, 1.807) is 53.5 Å². The lowest BCUT2D eigenvalue weighted by Gasteiger charge is -2.23. The third kappa shape index (κ3) is 6.25. The highest BCUT2D eigenvalue weighted by Gasteiger charge is 2.16. The van der Waals surface area contributed by atoms with Crippen LogP contribution in [0.1, 0.15) is 15.9 Å². The Bertz CT molecular complexity index is 848. The van der Waals surface area contributed by atoms with E-state index >= 15 is 0 Å². The lowest BCUT2D eigenvalue weighted by Crippen LogP contribution is -2.45. The molecule has 0 atom stereocenters. The molecule has 0 radical (unpaired) electrons. The minimum Gasteiger partial charge on any atom is -0.335 e. The molecule has 6 heteroatoms. The SMILES string of the molecule is C=CCN(CC=C)/C(=N\C(=O)Nc1ccccc1)NC(=O)c1ccc(C)cc1. The number of carbonyl (C=O) groups excluding carboxylic acids is 2. The fourth-order valence-corrected chi connectivity index (χ4v) is 2.38. The molecule has 144 valence electrons. The van der Waals surface area contributed by atoms with Crippen molar-refractivity contribution in [2.45, 2.75) is 6.92 Å². The van der Waals surface area contributed by atoms with Crippen LogP contribution in [0.25, 0.3) is 0 Å². The first-order chi connectivity index (χ1) is 13.5. The number of aryl methyl sites for hydroxylation is 1. The maximum absolute atomic E-state index is 12.6. The van der Waals surface area contributed by atoms with Crippen LogP contribution in [0.15, 0.2) is 84.9 Å². The van der Waals surface area contributed by atoms with E-state index < -0.39 is 6.03 Å². The van der Waals surface area contributed by atoms with E-state index in [9.17, 15) is 9.59 Å². The van der Waals surface area contributed by atoms with Gasteiger partial charge < -0.3 is 10.2 Å². The van der Waals surface area contributed by atoms with Gasteiger partial charge in [-0.2, -0.15) is 4.99 Å². The number of carbonyl (C=O) groups is 2. The number of rotatable bonds is 6. The largest absolute Gasteiger partial charge is 0.348 e. The molecule has 0 spiro atoms. The Morgan fingerprint density at radius 3 is 2.18 bits per heavy atom. The van der Waals surface area contributed by atoms with Crippen LogP contribution >= 0.6 is 0 Å². The van der Waals surface area contributed by atoms with Gasteiger partial charge in [-0.3, -0.25) is 10.1 Å². The van der Waals surface area contributed by atoms with Crippen molar-refractivity contribution in [2.24, 2.45) is 4.99 Å². The molecule has 0 aromatic heterocycles. The van der Waals surface area contributed by atoms with Crippen molar-refractivity contribution in [2.75, 3.05) is 18.4 Å². The molecule has 2 rings (SSSR count). The summed E-state index contributed by atoms with van der Waals surface area (Å²) in [5.74, 6) is -0.233. The van der Waals surface area contributed by atoms with E-state index in [-0.39, 0.29) is 11.9 Å². The molecule has 6 nitrogen and oxygen atoms in total. The van der Waals surface area contributed by atoms with Gasteiger partial charge in [-0.25, -0.2) is 4.79 Å². The highest BCUT2D eigenvalue weighted by molar-refractivity contribution is 6.09. The molecule has 0 unspecified atom stereocenters. The number of nitrogens with zero attached hydrogens (tertiary/aromatic N) is 2. The number of anilines is 1. The first-order valence-electron chi connectivity index (χ1n) is 8.83. The van der Waals surface area contributed by atoms with E-state index in [2.05, 4.69) is 28.8 Å². The molecule has 0 bridgehead atoms. The molecule has 2 N–H and O–H groups in total. The summed E-state index contributed by atoms with van der Waals surface area (Å²) in [4.78, 5) is 30.7. The van der Waals surface area contributed by atoms with Crippen LogP contribution in [-0.4, -0.2) is 35.9 Å². The van der Waals surface area contributed by atoms with Gasteiger partial charge in [0.15, 0.2) is 0 Å². The number of urea groups is 1. The van der Waals surface area contributed by atoms with Gasteiger partial charge >= 0.3 is 6.03 Å². The maximum atomic E-state index is 12.6. The first kappa shape index (κ1) is 20.6. The third-order valence-corrected chi connectivity index (χ3v) is 3.77. The Morgan fingerprint density at radius 2 is 1.61 bits per heavy atom. The van der Waals surface area contributed by atoms with E-state index in [4.69, 9.17) is 0 Å². The number of hydrogen-bond acceptors (Lipinski definition) is 2. The zero-order valence-corrected chi connectivity index (χ0v) is 15.9. The second kappa shape index (κ2) is 10.5. The molecule has 0 saturated heterocycles. The molecule has 0 heterocycles. The van der Waals surface area contributed by atoms with Crippen molar-refractivity contribution in [1.29, 1.82) is 0 Å². The quantitative estimate of drug-likeness (QED) is 0.455. The molecule has 0 aliphatic rings. The van der Waals surface area contributed by atoms with Crippen LogP contribution in [-0.2, 0) is 0 Å². The van der Waals surface area contributed by atoms with Crippen molar-refractivity contribution < 1.29 is 9.59 Å². The smallest absolute Gasteiger partial charge is 0.335 e. The normalized spacial score (nSPS) is 10.7. The number of benzene rings is 2. The van der Waals surface area contributed by atoms with Crippen LogP contribution < -0.4 is 10.6 Å². The van der Waals surface area contributed by atoms with Crippen LogP contribution in [0.4, 0.5) is 10.5 Å². The molecule has 2 aromatic carbocycles. The minimum atomic E-state index is -0.594. The van der Waals surface area contributed by atoms with Gasteiger partial charge in [-0.15, -0.1) is 13.2 Å². The molecule has 3 amide bonds. The highest BCUT2D eigenvalue weighted by Crippen LogP contribution is 2.07. The van der Waals surface area contributed by atoms with E-state index in [0.29, 0.717) is 24.3 Å². The fourth-order valence-electron chi connectivity index (χ4n) is 2.38. The first-order valence-corrected chi connectivity index (χ1v) is 8.83. The van der Waals surface area contributed by atoms with Gasteiger partial charge in [0.25, 0.3) is 5.91 Å². The van der Waals surface area contributed by atoms with Gasteiger partial charge in [0.05, 0.1) is 0 Å². The second-order valence-corrected chi connectivity index (χ2v) is 6.03. The minimum absolute atomic E-state index is 0.124. The Kier molecular flexibility index (Phi) is 7.72. The summed E-state index contributed by atoms with van der Waals surface area (Å²) in [5, 5.41) is 5.40. The Hall–Kier alpha value is -3.67. The summed E-state index contributed by atoms with van der Waals surface area (Å²) in [6.07, 6.45) is 3.32. The summed E-state index contributed by atoms with van der Waals surface area (Å²) in [5.41, 5.74) is 2.13. The van der Waals surface area contributed by atoms with Crippen LogP contribution in [0.5, 0.6) is 0 Å². The van der Waals surface area contributed by atoms with Crippen LogP contribution in [0.2, 0.25) is 0 Å². The number of amides is 3. The predicted molar refractivity (Wildman–Crippen MR) is 114 cm³/mol. The Morgan fingerprint density at radius 1 is 1.00 bits per heavy atom. The zero-order chi connectivity index (χ0) is 20.4. The number of guanidine groups is 1. The number of hydrogen-bond donors (Lipinski definition) is 2. The van der Waals surface area contributed by atoms with Crippen molar-refractivity contribution in [1.82, 2.24) is 10.2 Å². The molecule has 0 saturated carbocycles. The summed E-state index contributed by atoms with van der Waals surface area (Å²) in [6.45, 7) is 10.1. The lowest BCUT2D eigenvalue weighted by molar-refractivity contribution is 0.0973. The molecule has 0 aliphatic heterocycles. The van der Waals surface area contributed by atoms with Crippen molar-refractivity contribution >= 4 is 23.6 Å². The molecule has 28 heavy (non-hydrogen) atoms. The zero-order valence-electron chi connectivity index (χ0n) is 15.9. The average Bonchev–Trinajstić information content (AvgIpc) is 2.68. The lowest BCUT2D eigenvalue weighted by atomic mass is 10.1. The van der Waals surface area contributed by atoms with Crippen LogP contribution in [0.3, 0.4) is 0 Å². The number of aliphatic imine (C=N–C) groups is 1. The molecular weight excluding hydrogens is 352 g/mol. The topological polar surface area (TPSA) is 73.8 Å². The molecular formula is C22H24N4O2. The highest BCUT2D eigenvalue weighted by atomic mass is 16.2. The third-order valence-electron chi connectivity index (χ3n) is 3.77. The van der Waals surface area contributed by atoms with Crippen molar-refractivity contribution in [3.63, 3.8) is 0 Å². The molecule has 0 fully saturated rings. The van der Waals surface area contributed by atoms with Gasteiger partial charge in [0, 0.05) is 24.3 Å². The van der Waals surface area contributed by atoms with Gasteiger partial charge in [-0.1, -0.05) is 48.0 Å². The van der Waals surface area contributed by atoms with Gasteiger partial charge in [0.1, 0.15) is 0 Å². The van der Waals surface area contributed by atoms with Crippen molar-refractivity contribution in [3.8, 4) is 0 Å². The van der Waals surface area contributed by atoms with Crippen molar-refractivity contribution in [3.05, 3.63) is 91.0 Å². The molecule has 0 aliphatic carbocycles. The number of nitrogens with one attached hydrogen (secondary N) is 2. The van der Waals surface area contributed by atoms with E-state index in [1.165, 1.54) is 0 Å². The summed E-state index contributed by atoms with van der Waals surface area (Å²) >= 11 is 0. The molecule has 2 aromatic rings. The Balaban J connectivity index is 2.25. The van der Waals surface area contributed by atoms with E-state index in [1.807, 2.05) is 25.1 Å². The van der Waals surface area contributed by atoms with Crippen LogP contribution in [0, 0.1) is 6.92 Å². The maximum Gasteiger partial charge on any atom is 0.348 e.